The lowest BCUT2D eigenvalue weighted by atomic mass is 9.90. The van der Waals surface area contributed by atoms with Crippen molar-refractivity contribution >= 4 is 10.0 Å². The fourth-order valence-corrected chi connectivity index (χ4v) is 3.05. The third-order valence-corrected chi connectivity index (χ3v) is 4.29. The Balaban J connectivity index is 2.22. The van der Waals surface area contributed by atoms with Crippen LogP contribution in [0, 0.1) is 5.92 Å². The standard InChI is InChI=1S/C10H22N2O2S/c1-11-7-8-15(13,14)12-9-10-5-3-2-4-6-10/h10-12H,2-9H2,1H3. The quantitative estimate of drug-likeness (QED) is 0.711. The van der Waals surface area contributed by atoms with Crippen molar-refractivity contribution in [3.63, 3.8) is 0 Å². The Morgan fingerprint density at radius 1 is 1.20 bits per heavy atom. The van der Waals surface area contributed by atoms with E-state index in [1.54, 1.807) is 7.05 Å². The Kier molecular flexibility index (Phi) is 5.56. The molecule has 0 unspecified atom stereocenters. The molecule has 1 fully saturated rings. The normalized spacial score (nSPS) is 19.3. The summed E-state index contributed by atoms with van der Waals surface area (Å²) < 4.78 is 25.7. The molecule has 0 aliphatic heterocycles. The van der Waals surface area contributed by atoms with Gasteiger partial charge in [0.1, 0.15) is 0 Å². The number of rotatable bonds is 6. The molecule has 0 saturated heterocycles. The summed E-state index contributed by atoms with van der Waals surface area (Å²) in [4.78, 5) is 0. The summed E-state index contributed by atoms with van der Waals surface area (Å²) >= 11 is 0. The van der Waals surface area contributed by atoms with Crippen LogP contribution in [-0.4, -0.2) is 34.3 Å². The van der Waals surface area contributed by atoms with Crippen LogP contribution in [0.15, 0.2) is 0 Å². The highest BCUT2D eigenvalue weighted by molar-refractivity contribution is 7.89. The summed E-state index contributed by atoms with van der Waals surface area (Å²) in [5.74, 6) is 0.735. The molecule has 1 aliphatic rings. The molecule has 0 aromatic heterocycles. The number of hydrogen-bond donors (Lipinski definition) is 2. The van der Waals surface area contributed by atoms with Gasteiger partial charge in [-0.2, -0.15) is 0 Å². The predicted octanol–water partition coefficient (Wildman–Crippen LogP) is 0.705. The second kappa shape index (κ2) is 6.45. The number of nitrogens with one attached hydrogen (secondary N) is 2. The zero-order valence-corrected chi connectivity index (χ0v) is 10.3. The lowest BCUT2D eigenvalue weighted by molar-refractivity contribution is 0.357. The van der Waals surface area contributed by atoms with Crippen LogP contribution < -0.4 is 10.0 Å². The van der Waals surface area contributed by atoms with Gasteiger partial charge >= 0.3 is 0 Å². The van der Waals surface area contributed by atoms with Gasteiger partial charge in [-0.05, 0) is 25.8 Å². The van der Waals surface area contributed by atoms with E-state index in [9.17, 15) is 8.42 Å². The molecule has 0 atom stereocenters. The molecule has 1 saturated carbocycles. The molecule has 0 spiro atoms. The average molecular weight is 234 g/mol. The molecule has 1 aliphatic carbocycles. The highest BCUT2D eigenvalue weighted by atomic mass is 32.2. The first-order valence-electron chi connectivity index (χ1n) is 5.76. The lowest BCUT2D eigenvalue weighted by Gasteiger charge is -2.21. The minimum absolute atomic E-state index is 0.177. The van der Waals surface area contributed by atoms with Crippen molar-refractivity contribution in [3.8, 4) is 0 Å². The summed E-state index contributed by atoms with van der Waals surface area (Å²) in [6.45, 7) is 1.14. The topological polar surface area (TPSA) is 58.2 Å². The smallest absolute Gasteiger partial charge is 0.212 e. The summed E-state index contributed by atoms with van der Waals surface area (Å²) in [5.41, 5.74) is 0. The van der Waals surface area contributed by atoms with Crippen molar-refractivity contribution in [2.75, 3.05) is 25.9 Å². The highest BCUT2D eigenvalue weighted by Crippen LogP contribution is 2.22. The predicted molar refractivity (Wildman–Crippen MR) is 62.3 cm³/mol. The minimum atomic E-state index is -3.06. The van der Waals surface area contributed by atoms with E-state index in [0.29, 0.717) is 19.0 Å². The van der Waals surface area contributed by atoms with Gasteiger partial charge in [0.2, 0.25) is 10.0 Å². The van der Waals surface area contributed by atoms with E-state index in [1.165, 1.54) is 32.1 Å². The van der Waals surface area contributed by atoms with Gasteiger partial charge in [0.05, 0.1) is 5.75 Å². The van der Waals surface area contributed by atoms with Crippen LogP contribution in [0.3, 0.4) is 0 Å². The molecule has 5 heteroatoms. The van der Waals surface area contributed by atoms with Crippen LogP contribution in [0.4, 0.5) is 0 Å². The molecule has 0 bridgehead atoms. The molecule has 0 amide bonds. The van der Waals surface area contributed by atoms with E-state index < -0.39 is 10.0 Å². The lowest BCUT2D eigenvalue weighted by Crippen LogP contribution is -2.34. The second-order valence-corrected chi connectivity index (χ2v) is 6.20. The summed E-state index contributed by atoms with van der Waals surface area (Å²) in [6, 6.07) is 0. The molecule has 4 nitrogen and oxygen atoms in total. The van der Waals surface area contributed by atoms with Gasteiger partial charge < -0.3 is 5.32 Å². The molecule has 0 aromatic carbocycles. The minimum Gasteiger partial charge on any atom is -0.319 e. The van der Waals surface area contributed by atoms with Crippen molar-refractivity contribution in [3.05, 3.63) is 0 Å². The number of sulfonamides is 1. The van der Waals surface area contributed by atoms with Crippen molar-refractivity contribution in [2.45, 2.75) is 32.1 Å². The van der Waals surface area contributed by atoms with E-state index in [4.69, 9.17) is 0 Å². The van der Waals surface area contributed by atoms with Crippen LogP contribution in [0.1, 0.15) is 32.1 Å². The SMILES string of the molecule is CNCCS(=O)(=O)NCC1CCCCC1. The van der Waals surface area contributed by atoms with Crippen LogP contribution in [0.2, 0.25) is 0 Å². The molecule has 0 radical (unpaired) electrons. The maximum absolute atomic E-state index is 11.5. The van der Waals surface area contributed by atoms with Gasteiger partial charge in [0.25, 0.3) is 0 Å². The van der Waals surface area contributed by atoms with Gasteiger partial charge in [-0.3, -0.25) is 0 Å². The van der Waals surface area contributed by atoms with Crippen LogP contribution in [0.25, 0.3) is 0 Å². The Labute approximate surface area is 92.9 Å². The first-order valence-corrected chi connectivity index (χ1v) is 7.41. The maximum atomic E-state index is 11.5. The highest BCUT2D eigenvalue weighted by Gasteiger charge is 2.16. The average Bonchev–Trinajstić information content (AvgIpc) is 2.25. The van der Waals surface area contributed by atoms with Crippen molar-refractivity contribution in [2.24, 2.45) is 5.92 Å². The van der Waals surface area contributed by atoms with Crippen LogP contribution in [0.5, 0.6) is 0 Å². The molecular formula is C10H22N2O2S. The third-order valence-electron chi connectivity index (χ3n) is 2.94. The maximum Gasteiger partial charge on any atom is 0.212 e. The summed E-state index contributed by atoms with van der Waals surface area (Å²) in [5, 5.41) is 2.84. The van der Waals surface area contributed by atoms with Crippen LogP contribution in [-0.2, 0) is 10.0 Å². The fraction of sp³-hybridized carbons (Fsp3) is 1.00. The van der Waals surface area contributed by atoms with Gasteiger partial charge in [-0.1, -0.05) is 19.3 Å². The van der Waals surface area contributed by atoms with Gasteiger partial charge in [-0.15, -0.1) is 0 Å². The Bertz CT molecular complexity index is 259. The van der Waals surface area contributed by atoms with E-state index in [0.717, 1.165) is 0 Å². The van der Waals surface area contributed by atoms with Gasteiger partial charge in [0, 0.05) is 13.1 Å². The Morgan fingerprint density at radius 2 is 1.87 bits per heavy atom. The molecule has 15 heavy (non-hydrogen) atoms. The molecular weight excluding hydrogens is 212 g/mol. The molecule has 0 aromatic rings. The van der Waals surface area contributed by atoms with Crippen LogP contribution >= 0.6 is 0 Å². The summed E-state index contributed by atoms with van der Waals surface area (Å²) in [6.07, 6.45) is 6.16. The Morgan fingerprint density at radius 3 is 2.47 bits per heavy atom. The van der Waals surface area contributed by atoms with Crippen molar-refractivity contribution < 1.29 is 8.42 Å². The molecule has 2 N–H and O–H groups in total. The molecule has 90 valence electrons. The van der Waals surface area contributed by atoms with E-state index in [2.05, 4.69) is 10.0 Å². The first kappa shape index (κ1) is 12.9. The first-order chi connectivity index (χ1) is 7.14. The molecule has 1 rings (SSSR count). The summed E-state index contributed by atoms with van der Waals surface area (Å²) in [7, 11) is -1.30. The van der Waals surface area contributed by atoms with E-state index >= 15 is 0 Å². The van der Waals surface area contributed by atoms with Gasteiger partial charge in [-0.25, -0.2) is 13.1 Å². The zero-order valence-electron chi connectivity index (χ0n) is 9.46. The third kappa shape index (κ3) is 5.49. The second-order valence-electron chi connectivity index (χ2n) is 4.27. The van der Waals surface area contributed by atoms with Gasteiger partial charge in [0.15, 0.2) is 0 Å². The monoisotopic (exact) mass is 234 g/mol. The Hall–Kier alpha value is -0.130. The molecule has 0 heterocycles. The van der Waals surface area contributed by atoms with E-state index in [-0.39, 0.29) is 5.75 Å². The number of hydrogen-bond acceptors (Lipinski definition) is 3. The van der Waals surface area contributed by atoms with E-state index in [1.807, 2.05) is 0 Å². The fourth-order valence-electron chi connectivity index (χ4n) is 1.94. The largest absolute Gasteiger partial charge is 0.319 e. The van der Waals surface area contributed by atoms with Crippen molar-refractivity contribution in [1.29, 1.82) is 0 Å². The zero-order chi connectivity index (χ0) is 11.1. The van der Waals surface area contributed by atoms with Crippen molar-refractivity contribution in [1.82, 2.24) is 10.0 Å².